The van der Waals surface area contributed by atoms with Crippen molar-refractivity contribution >= 4 is 16.6 Å². The summed E-state index contributed by atoms with van der Waals surface area (Å²) in [5.74, 6) is -0.662. The molecular weight excluding hydrogens is 749 g/mol. The van der Waals surface area contributed by atoms with Crippen molar-refractivity contribution in [2.75, 3.05) is 34.5 Å². The number of aromatic hydroxyl groups is 3. The molecule has 0 fully saturated rings. The Morgan fingerprint density at radius 1 is 0.814 bits per heavy atom. The molecule has 0 spiro atoms. The number of aliphatic hydroxyl groups is 3. The van der Waals surface area contributed by atoms with E-state index in [-0.39, 0.29) is 42.4 Å². The van der Waals surface area contributed by atoms with E-state index in [0.29, 0.717) is 54.7 Å². The number of phenols is 3. The number of nitrogens with zero attached hydrogens (tertiary/aromatic N) is 1. The maximum Gasteiger partial charge on any atom is 0.164 e. The van der Waals surface area contributed by atoms with E-state index in [9.17, 15) is 35.4 Å². The van der Waals surface area contributed by atoms with E-state index in [4.69, 9.17) is 9.47 Å². The van der Waals surface area contributed by atoms with Gasteiger partial charge in [-0.1, -0.05) is 66.2 Å². The van der Waals surface area contributed by atoms with Crippen molar-refractivity contribution in [3.05, 3.63) is 148 Å². The number of rotatable bonds is 20. The molecule has 59 heavy (non-hydrogen) atoms. The van der Waals surface area contributed by atoms with Gasteiger partial charge in [0, 0.05) is 31.6 Å². The number of benzene rings is 5. The van der Waals surface area contributed by atoms with Crippen LogP contribution in [0.15, 0.2) is 103 Å². The topological polar surface area (TPSA) is 183 Å². The Labute approximate surface area is 344 Å². The van der Waals surface area contributed by atoms with Crippen molar-refractivity contribution in [3.63, 3.8) is 0 Å². The number of aromatic nitrogens is 1. The first kappa shape index (κ1) is 42.7. The Hall–Kier alpha value is -5.85. The predicted octanol–water partition coefficient (Wildman–Crippen LogP) is 5.67. The van der Waals surface area contributed by atoms with Crippen LogP contribution in [0.3, 0.4) is 0 Å². The second-order valence-electron chi connectivity index (χ2n) is 15.2. The molecule has 0 amide bonds. The minimum absolute atomic E-state index is 0.00768. The van der Waals surface area contributed by atoms with Crippen molar-refractivity contribution in [3.8, 4) is 28.7 Å². The summed E-state index contributed by atoms with van der Waals surface area (Å²) in [7, 11) is 4.69. The number of nitrogens with one attached hydrogen (secondary N) is 1. The standard InChI is InChI=1S/C48H53N2O9/c1-49-27-32-19-38(24-39(53)20-32)48(29-52,26-30-10-12-41(54)44(21-30)58-2)45(57)25-43(56)37(18-31-14-16-50-28-31)22-35-11-13-42(55)47(59-3)40(35)23-36-9-5-7-33-6-4-8-34(15-17-51)46(33)36/h4-14,16,19-21,24,28,37,43,49,51-56H,15,17-18,22-23,25-27,29H2,1-3H3/q-1/t37-,43-,48+/m1/s1. The number of carbonyl (C=O) groups excluding carboxylic acids is 1. The van der Waals surface area contributed by atoms with Gasteiger partial charge in [-0.15, -0.1) is 0 Å². The number of methoxy groups -OCH3 is 2. The number of ether oxygens (including phenoxy) is 2. The Kier molecular flexibility index (Phi) is 14.0. The van der Waals surface area contributed by atoms with Gasteiger partial charge in [-0.05, 0) is 113 Å². The first-order chi connectivity index (χ1) is 28.5. The van der Waals surface area contributed by atoms with Gasteiger partial charge in [0.15, 0.2) is 23.0 Å². The zero-order chi connectivity index (χ0) is 42.1. The van der Waals surface area contributed by atoms with E-state index >= 15 is 0 Å². The fourth-order valence-electron chi connectivity index (χ4n) is 8.39. The lowest BCUT2D eigenvalue weighted by Crippen LogP contribution is -2.44. The largest absolute Gasteiger partial charge is 0.670 e. The number of fused-ring (bicyclic) bond motifs is 1. The third kappa shape index (κ3) is 9.56. The highest BCUT2D eigenvalue weighted by atomic mass is 16.5. The molecule has 7 N–H and O–H groups in total. The first-order valence-electron chi connectivity index (χ1n) is 19.7. The third-order valence-corrected chi connectivity index (χ3v) is 11.4. The smallest absolute Gasteiger partial charge is 0.164 e. The molecule has 0 saturated heterocycles. The van der Waals surface area contributed by atoms with Gasteiger partial charge in [0.2, 0.25) is 0 Å². The van der Waals surface area contributed by atoms with Crippen molar-refractivity contribution in [1.82, 2.24) is 10.3 Å². The molecule has 0 saturated carbocycles. The number of ketones is 1. The van der Waals surface area contributed by atoms with Crippen molar-refractivity contribution < 1.29 is 44.9 Å². The van der Waals surface area contributed by atoms with Crippen molar-refractivity contribution in [2.24, 2.45) is 5.92 Å². The predicted molar refractivity (Wildman–Crippen MR) is 226 cm³/mol. The summed E-state index contributed by atoms with van der Waals surface area (Å²) < 4.78 is 11.2. The number of phenolic OH excluding ortho intramolecular Hbond substituents is 3. The molecule has 0 aliphatic carbocycles. The van der Waals surface area contributed by atoms with Crippen molar-refractivity contribution in [1.29, 1.82) is 0 Å². The Balaban J connectivity index is 1.40. The van der Waals surface area contributed by atoms with Crippen LogP contribution >= 0.6 is 0 Å². The highest BCUT2D eigenvalue weighted by Crippen LogP contribution is 2.40. The highest BCUT2D eigenvalue weighted by molar-refractivity contribution is 5.91. The van der Waals surface area contributed by atoms with Crippen molar-refractivity contribution in [2.45, 2.75) is 56.6 Å². The quantitative estimate of drug-likeness (QED) is 0.0505. The van der Waals surface area contributed by atoms with Gasteiger partial charge in [0.05, 0.1) is 32.3 Å². The average molecular weight is 802 g/mol. The van der Waals surface area contributed by atoms with Gasteiger partial charge in [-0.25, -0.2) is 0 Å². The molecule has 0 aliphatic rings. The molecule has 0 unspecified atom stereocenters. The summed E-state index contributed by atoms with van der Waals surface area (Å²) in [6, 6.07) is 26.8. The molecule has 0 bridgehead atoms. The number of carbonyl (C=O) groups is 1. The van der Waals surface area contributed by atoms with Crippen LogP contribution in [0.4, 0.5) is 0 Å². The van der Waals surface area contributed by atoms with E-state index < -0.39 is 29.8 Å². The Morgan fingerprint density at radius 2 is 1.58 bits per heavy atom. The molecular formula is C48H53N2O9-. The molecule has 3 atom stereocenters. The molecule has 0 radical (unpaired) electrons. The lowest BCUT2D eigenvalue weighted by molar-refractivity contribution is -0.129. The molecule has 11 nitrogen and oxygen atoms in total. The van der Waals surface area contributed by atoms with Gasteiger partial charge in [-0.3, -0.25) is 4.79 Å². The minimum atomic E-state index is -1.61. The molecule has 1 aromatic heterocycles. The Morgan fingerprint density at radius 3 is 2.25 bits per heavy atom. The summed E-state index contributed by atoms with van der Waals surface area (Å²) in [5.41, 5.74) is 4.44. The van der Waals surface area contributed by atoms with E-state index in [1.54, 1.807) is 49.8 Å². The average Bonchev–Trinajstić information content (AvgIpc) is 3.74. The molecule has 1 heterocycles. The number of Topliss-reactive ketones (excluding diaryl/α,β-unsaturated/α-hetero) is 1. The normalized spacial score (nSPS) is 13.5. The third-order valence-electron chi connectivity index (χ3n) is 11.4. The van der Waals surface area contributed by atoms with Crippen LogP contribution in [0, 0.1) is 5.92 Å². The van der Waals surface area contributed by atoms with Crippen LogP contribution in [0.25, 0.3) is 10.8 Å². The maximum atomic E-state index is 15.0. The Bertz CT molecular complexity index is 2350. The van der Waals surface area contributed by atoms with Gasteiger partial charge in [0.25, 0.3) is 0 Å². The van der Waals surface area contributed by atoms with Crippen LogP contribution in [0.5, 0.6) is 28.7 Å². The van der Waals surface area contributed by atoms with Crippen LogP contribution in [-0.4, -0.2) is 77.0 Å². The molecule has 310 valence electrons. The van der Waals surface area contributed by atoms with E-state index in [1.165, 1.54) is 26.4 Å². The summed E-state index contributed by atoms with van der Waals surface area (Å²) in [5, 5.41) is 70.8. The van der Waals surface area contributed by atoms with Crippen LogP contribution in [0.2, 0.25) is 0 Å². The van der Waals surface area contributed by atoms with E-state index in [1.807, 2.05) is 48.5 Å². The summed E-state index contributed by atoms with van der Waals surface area (Å²) in [4.78, 5) is 19.2. The fourth-order valence-corrected chi connectivity index (χ4v) is 8.39. The molecule has 11 heteroatoms. The minimum Gasteiger partial charge on any atom is -0.670 e. The highest BCUT2D eigenvalue weighted by Gasteiger charge is 2.42. The molecule has 0 aliphatic heterocycles. The SMILES string of the molecule is CNCc1cc(O)cc([C@@](CO)(Cc2ccc(O)c(OC)c2)C(=O)C[C@@H](O)[C@H](Cc2cc[n-]c2)Cc2ccc(O)c(OC)c2Cc2cccc3cccc(CCO)c23)c1. The van der Waals surface area contributed by atoms with Gasteiger partial charge in [0.1, 0.15) is 11.5 Å². The van der Waals surface area contributed by atoms with E-state index in [0.717, 1.165) is 38.6 Å². The first-order valence-corrected chi connectivity index (χ1v) is 19.7. The number of hydrogen-bond acceptors (Lipinski definition) is 10. The summed E-state index contributed by atoms with van der Waals surface area (Å²) in [6.07, 6.45) is 3.34. The second kappa shape index (κ2) is 19.3. The molecule has 6 aromatic rings. The van der Waals surface area contributed by atoms with Crippen LogP contribution in [-0.2, 0) is 48.9 Å². The van der Waals surface area contributed by atoms with Gasteiger partial charge in [-0.2, -0.15) is 12.4 Å². The molecule has 6 rings (SSSR count). The van der Waals surface area contributed by atoms with Crippen LogP contribution in [0.1, 0.15) is 50.9 Å². The maximum absolute atomic E-state index is 15.0. The van der Waals surface area contributed by atoms with Gasteiger partial charge >= 0.3 is 0 Å². The lowest BCUT2D eigenvalue weighted by Gasteiger charge is -2.34. The fraction of sp³-hybridized carbons (Fsp3) is 0.312. The van der Waals surface area contributed by atoms with Crippen LogP contribution < -0.4 is 19.8 Å². The zero-order valence-electron chi connectivity index (χ0n) is 33.7. The summed E-state index contributed by atoms with van der Waals surface area (Å²) in [6.45, 7) is -0.251. The second-order valence-corrected chi connectivity index (χ2v) is 15.2. The monoisotopic (exact) mass is 801 g/mol. The number of hydrogen-bond donors (Lipinski definition) is 7. The number of aliphatic hydroxyl groups excluding tert-OH is 3. The van der Waals surface area contributed by atoms with E-state index in [2.05, 4.69) is 10.3 Å². The summed E-state index contributed by atoms with van der Waals surface area (Å²) >= 11 is 0. The lowest BCUT2D eigenvalue weighted by atomic mass is 9.70. The molecule has 5 aromatic carbocycles. The van der Waals surface area contributed by atoms with Gasteiger partial charge < -0.3 is 50.4 Å². The zero-order valence-corrected chi connectivity index (χ0v) is 33.7.